The van der Waals surface area contributed by atoms with Crippen LogP contribution < -0.4 is 0 Å². The third-order valence-corrected chi connectivity index (χ3v) is 7.78. The molecule has 0 saturated carbocycles. The van der Waals surface area contributed by atoms with Crippen LogP contribution >= 0.6 is 0 Å². The van der Waals surface area contributed by atoms with Crippen molar-refractivity contribution in [1.82, 2.24) is 9.55 Å². The Morgan fingerprint density at radius 1 is 0.900 bits per heavy atom. The summed E-state index contributed by atoms with van der Waals surface area (Å²) in [6, 6.07) is 28.9. The van der Waals surface area contributed by atoms with Crippen molar-refractivity contribution in [2.45, 2.75) is 59.4 Å². The molecule has 4 nitrogen and oxygen atoms in total. The van der Waals surface area contributed by atoms with Gasteiger partial charge in [-0.3, -0.25) is 4.99 Å². The third kappa shape index (κ3) is 5.39. The molecule has 0 saturated heterocycles. The maximum absolute atomic E-state index is 6.21. The zero-order chi connectivity index (χ0) is 26.9. The number of benzene rings is 3. The first kappa shape index (κ1) is 28.3. The second-order valence-corrected chi connectivity index (χ2v) is 10.8. The fraction of sp³-hybridized carbons (Fsp3) is 0.314. The Hall–Kier alpha value is -3.23. The van der Waals surface area contributed by atoms with E-state index in [9.17, 15) is 0 Å². The van der Waals surface area contributed by atoms with Crippen LogP contribution in [-0.2, 0) is 25.8 Å². The minimum Gasteiger partial charge on any atom is -0.518 e. The predicted octanol–water partition coefficient (Wildman–Crippen LogP) is 8.42. The van der Waals surface area contributed by atoms with Gasteiger partial charge < -0.3 is 14.3 Å². The molecule has 1 aliphatic heterocycles. The summed E-state index contributed by atoms with van der Waals surface area (Å²) in [6.07, 6.45) is 6.60. The van der Waals surface area contributed by atoms with Crippen LogP contribution in [0, 0.1) is 31.9 Å². The number of pyridine rings is 1. The van der Waals surface area contributed by atoms with E-state index in [0.29, 0.717) is 12.5 Å². The van der Waals surface area contributed by atoms with Gasteiger partial charge >= 0.3 is 21.1 Å². The van der Waals surface area contributed by atoms with Gasteiger partial charge in [0.25, 0.3) is 0 Å². The van der Waals surface area contributed by atoms with Crippen molar-refractivity contribution in [3.05, 3.63) is 95.7 Å². The SMILES string of the molecule is CCCC(CCC)[C@@H]1COC(c2[c-]c(-n3c4[c-]c(-c5cc(C)ccn5)ccc4c4ccccc43)cc(C)c2)=N1.[Pt+2]. The second kappa shape index (κ2) is 12.1. The topological polar surface area (TPSA) is 39.4 Å². The summed E-state index contributed by atoms with van der Waals surface area (Å²) in [5, 5.41) is 2.36. The van der Waals surface area contributed by atoms with Crippen molar-refractivity contribution in [3.8, 4) is 16.9 Å². The van der Waals surface area contributed by atoms with Crippen molar-refractivity contribution in [1.29, 1.82) is 0 Å². The van der Waals surface area contributed by atoms with Crippen LogP contribution in [0.4, 0.5) is 0 Å². The fourth-order valence-corrected chi connectivity index (χ4v) is 5.96. The predicted molar refractivity (Wildman–Crippen MR) is 161 cm³/mol. The van der Waals surface area contributed by atoms with Gasteiger partial charge in [-0.05, 0) is 60.1 Å². The second-order valence-electron chi connectivity index (χ2n) is 10.8. The third-order valence-electron chi connectivity index (χ3n) is 7.78. The molecule has 1 aliphatic rings. The molecular formula is C35H35N3OPt. The Balaban J connectivity index is 0.00000323. The minimum absolute atomic E-state index is 0. The Morgan fingerprint density at radius 2 is 1.70 bits per heavy atom. The van der Waals surface area contributed by atoms with Crippen molar-refractivity contribution in [3.63, 3.8) is 0 Å². The van der Waals surface area contributed by atoms with E-state index < -0.39 is 0 Å². The van der Waals surface area contributed by atoms with E-state index in [2.05, 4.69) is 104 Å². The number of aryl methyl sites for hydroxylation is 2. The summed E-state index contributed by atoms with van der Waals surface area (Å²) in [4.78, 5) is 9.70. The van der Waals surface area contributed by atoms with Crippen molar-refractivity contribution >= 4 is 27.7 Å². The largest absolute Gasteiger partial charge is 2.00 e. The average Bonchev–Trinajstić information content (AvgIpc) is 3.56. The molecule has 0 aliphatic carbocycles. The van der Waals surface area contributed by atoms with Crippen LogP contribution in [0.25, 0.3) is 38.8 Å². The van der Waals surface area contributed by atoms with Gasteiger partial charge in [-0.25, -0.2) is 0 Å². The molecule has 5 aromatic rings. The number of aromatic nitrogens is 2. The molecule has 1 atom stereocenters. The van der Waals surface area contributed by atoms with Crippen LogP contribution in [0.15, 0.2) is 71.9 Å². The molecule has 0 spiro atoms. The first-order valence-corrected chi connectivity index (χ1v) is 14.2. The molecule has 3 aromatic carbocycles. The maximum atomic E-state index is 6.21. The number of aliphatic imine (C=N–C) groups is 1. The number of rotatable bonds is 8. The van der Waals surface area contributed by atoms with Crippen molar-refractivity contribution < 1.29 is 25.8 Å². The molecule has 2 aromatic heterocycles. The monoisotopic (exact) mass is 708 g/mol. The number of para-hydroxylation sites is 1. The van der Waals surface area contributed by atoms with Crippen molar-refractivity contribution in [2.75, 3.05) is 6.61 Å². The molecule has 206 valence electrons. The Labute approximate surface area is 251 Å². The zero-order valence-corrected chi connectivity index (χ0v) is 25.9. The fourth-order valence-electron chi connectivity index (χ4n) is 5.96. The summed E-state index contributed by atoms with van der Waals surface area (Å²) in [6.45, 7) is 9.40. The molecule has 3 heterocycles. The molecule has 0 fully saturated rings. The van der Waals surface area contributed by atoms with E-state index in [1.54, 1.807) is 0 Å². The van der Waals surface area contributed by atoms with Crippen LogP contribution in [0.3, 0.4) is 0 Å². The first-order valence-electron chi connectivity index (χ1n) is 14.2. The van der Waals surface area contributed by atoms with Crippen LogP contribution in [0.2, 0.25) is 0 Å². The summed E-state index contributed by atoms with van der Waals surface area (Å²) in [5.74, 6) is 1.29. The van der Waals surface area contributed by atoms with Gasteiger partial charge in [0.15, 0.2) is 0 Å². The van der Waals surface area contributed by atoms with Gasteiger partial charge in [0.2, 0.25) is 0 Å². The molecule has 0 bridgehead atoms. The molecular weight excluding hydrogens is 673 g/mol. The summed E-state index contributed by atoms with van der Waals surface area (Å²) < 4.78 is 8.48. The number of hydrogen-bond donors (Lipinski definition) is 0. The Morgan fingerprint density at radius 3 is 2.48 bits per heavy atom. The normalized spacial score (nSPS) is 14.9. The van der Waals surface area contributed by atoms with Gasteiger partial charge in [-0.1, -0.05) is 74.4 Å². The van der Waals surface area contributed by atoms with E-state index in [1.165, 1.54) is 36.6 Å². The van der Waals surface area contributed by atoms with Gasteiger partial charge in [-0.2, -0.15) is 0 Å². The van der Waals surface area contributed by atoms with Gasteiger partial charge in [-0.15, -0.1) is 47.5 Å². The van der Waals surface area contributed by atoms with Crippen LogP contribution in [0.5, 0.6) is 0 Å². The van der Waals surface area contributed by atoms with Gasteiger partial charge in [0, 0.05) is 11.7 Å². The molecule has 0 amide bonds. The molecule has 0 unspecified atom stereocenters. The van der Waals surface area contributed by atoms with E-state index in [1.807, 2.05) is 12.3 Å². The van der Waals surface area contributed by atoms with Crippen LogP contribution in [-0.4, -0.2) is 28.1 Å². The van der Waals surface area contributed by atoms with E-state index in [-0.39, 0.29) is 27.1 Å². The van der Waals surface area contributed by atoms with E-state index >= 15 is 0 Å². The summed E-state index contributed by atoms with van der Waals surface area (Å²) in [5.41, 5.74) is 8.27. The molecule has 0 N–H and O–H groups in total. The standard InChI is InChI=1S/C35H35N3O.Pt/c1-5-9-25(10-6-2)32-22-39-35(37-32)27-17-24(4)18-28(20-27)38-33-12-8-7-11-29(33)30-14-13-26(21-34(30)38)31-19-23(3)15-16-36-31;/h7-8,11-19,25,32H,5-6,9-10,22H2,1-4H3;/q-2;+2/t32-;/m0./s1. The van der Waals surface area contributed by atoms with Gasteiger partial charge in [0.05, 0.1) is 12.6 Å². The Bertz CT molecular complexity index is 1680. The molecule has 5 heteroatoms. The number of hydrogen-bond acceptors (Lipinski definition) is 3. The van der Waals surface area contributed by atoms with Gasteiger partial charge in [0.1, 0.15) is 5.90 Å². The van der Waals surface area contributed by atoms with E-state index in [0.717, 1.165) is 50.4 Å². The summed E-state index contributed by atoms with van der Waals surface area (Å²) >= 11 is 0. The van der Waals surface area contributed by atoms with Crippen LogP contribution in [0.1, 0.15) is 56.2 Å². The molecule has 6 rings (SSSR count). The quantitative estimate of drug-likeness (QED) is 0.152. The number of nitrogens with zero attached hydrogens (tertiary/aromatic N) is 3. The Kier molecular flexibility index (Phi) is 8.56. The summed E-state index contributed by atoms with van der Waals surface area (Å²) in [7, 11) is 0. The maximum Gasteiger partial charge on any atom is 2.00 e. The number of ether oxygens (including phenoxy) is 1. The minimum atomic E-state index is 0. The molecule has 0 radical (unpaired) electrons. The first-order chi connectivity index (χ1) is 19.1. The smallest absolute Gasteiger partial charge is 0.518 e. The number of fused-ring (bicyclic) bond motifs is 3. The zero-order valence-electron chi connectivity index (χ0n) is 23.6. The van der Waals surface area contributed by atoms with E-state index in [4.69, 9.17) is 9.73 Å². The molecule has 40 heavy (non-hydrogen) atoms. The average molecular weight is 709 g/mol. The van der Waals surface area contributed by atoms with Crippen molar-refractivity contribution in [2.24, 2.45) is 10.9 Å².